The van der Waals surface area contributed by atoms with Gasteiger partial charge < -0.3 is 20.5 Å². The molecule has 7 nitrogen and oxygen atoms in total. The number of rotatable bonds is 8. The van der Waals surface area contributed by atoms with Gasteiger partial charge >= 0.3 is 0 Å². The number of benzene rings is 1. The van der Waals surface area contributed by atoms with E-state index in [0.29, 0.717) is 24.0 Å². The Kier molecular flexibility index (Phi) is 6.68. The number of aliphatic imine (C=N–C) groups is 1. The van der Waals surface area contributed by atoms with Gasteiger partial charge in [-0.25, -0.2) is 4.99 Å². The smallest absolute Gasteiger partial charge is 0.188 e. The van der Waals surface area contributed by atoms with Gasteiger partial charge in [0.25, 0.3) is 0 Å². The Morgan fingerprint density at radius 3 is 2.60 bits per heavy atom. The van der Waals surface area contributed by atoms with E-state index in [1.807, 2.05) is 29.8 Å². The number of ether oxygens (including phenoxy) is 2. The lowest BCUT2D eigenvalue weighted by atomic mass is 10.2. The molecule has 2 aromatic rings. The van der Waals surface area contributed by atoms with Crippen molar-refractivity contribution in [2.24, 2.45) is 10.7 Å². The highest BCUT2D eigenvalue weighted by molar-refractivity contribution is 5.77. The van der Waals surface area contributed by atoms with Crippen molar-refractivity contribution in [3.05, 3.63) is 41.2 Å². The number of nitrogens with one attached hydrogen (secondary N) is 1. The van der Waals surface area contributed by atoms with Crippen LogP contribution >= 0.6 is 0 Å². The van der Waals surface area contributed by atoms with Crippen LogP contribution in [0.4, 0.5) is 0 Å². The summed E-state index contributed by atoms with van der Waals surface area (Å²) in [4.78, 5) is 4.36. The van der Waals surface area contributed by atoms with Crippen LogP contribution < -0.4 is 20.5 Å². The van der Waals surface area contributed by atoms with Crippen molar-refractivity contribution in [3.8, 4) is 11.5 Å². The summed E-state index contributed by atoms with van der Waals surface area (Å²) in [6.45, 7) is 6.15. The van der Waals surface area contributed by atoms with Crippen LogP contribution in [0.15, 0.2) is 29.3 Å². The van der Waals surface area contributed by atoms with Crippen molar-refractivity contribution in [3.63, 3.8) is 0 Å². The Balaban J connectivity index is 1.78. The minimum atomic E-state index is 0.433. The zero-order valence-electron chi connectivity index (χ0n) is 15.4. The second kappa shape index (κ2) is 8.96. The monoisotopic (exact) mass is 345 g/mol. The standard InChI is InChI=1S/C18H27N5O2/c1-13-10-14(2)23(22-13)9-5-8-20-18(19)21-12-15-6-7-16(24-3)17(11-15)25-4/h6-7,10-11H,5,8-9,12H2,1-4H3,(H3,19,20,21). The lowest BCUT2D eigenvalue weighted by Crippen LogP contribution is -2.32. The van der Waals surface area contributed by atoms with Crippen LogP contribution in [0.3, 0.4) is 0 Å². The summed E-state index contributed by atoms with van der Waals surface area (Å²) in [6.07, 6.45) is 0.925. The lowest BCUT2D eigenvalue weighted by molar-refractivity contribution is 0.354. The van der Waals surface area contributed by atoms with Crippen LogP contribution in [0, 0.1) is 13.8 Å². The van der Waals surface area contributed by atoms with Crippen molar-refractivity contribution in [1.82, 2.24) is 15.1 Å². The fourth-order valence-electron chi connectivity index (χ4n) is 2.56. The van der Waals surface area contributed by atoms with Crippen LogP contribution in [0.1, 0.15) is 23.4 Å². The molecule has 0 saturated carbocycles. The Bertz CT molecular complexity index is 724. The highest BCUT2D eigenvalue weighted by atomic mass is 16.5. The number of hydrogen-bond donors (Lipinski definition) is 2. The van der Waals surface area contributed by atoms with Crippen molar-refractivity contribution >= 4 is 5.96 Å². The van der Waals surface area contributed by atoms with Gasteiger partial charge in [0, 0.05) is 18.8 Å². The first kappa shape index (κ1) is 18.6. The first-order valence-corrected chi connectivity index (χ1v) is 8.29. The third-order valence-electron chi connectivity index (χ3n) is 3.84. The zero-order chi connectivity index (χ0) is 18.2. The summed E-state index contributed by atoms with van der Waals surface area (Å²) in [6, 6.07) is 7.79. The van der Waals surface area contributed by atoms with E-state index in [1.54, 1.807) is 14.2 Å². The molecule has 0 amide bonds. The fraction of sp³-hybridized carbons (Fsp3) is 0.444. The second-order valence-electron chi connectivity index (χ2n) is 5.82. The van der Waals surface area contributed by atoms with Crippen molar-refractivity contribution in [1.29, 1.82) is 0 Å². The predicted molar refractivity (Wildman–Crippen MR) is 99.2 cm³/mol. The highest BCUT2D eigenvalue weighted by Crippen LogP contribution is 2.27. The molecule has 1 aromatic carbocycles. The third-order valence-corrected chi connectivity index (χ3v) is 3.84. The van der Waals surface area contributed by atoms with E-state index in [2.05, 4.69) is 28.4 Å². The number of hydrogen-bond acceptors (Lipinski definition) is 4. The van der Waals surface area contributed by atoms with Crippen molar-refractivity contribution in [2.75, 3.05) is 20.8 Å². The Labute approximate surface area is 148 Å². The Morgan fingerprint density at radius 2 is 1.96 bits per heavy atom. The predicted octanol–water partition coefficient (Wildman–Crippen LogP) is 2.01. The molecule has 1 heterocycles. The summed E-state index contributed by atoms with van der Waals surface area (Å²) < 4.78 is 12.5. The Hall–Kier alpha value is -2.70. The maximum atomic E-state index is 5.92. The molecule has 0 aliphatic heterocycles. The van der Waals surface area contributed by atoms with E-state index in [9.17, 15) is 0 Å². The SMILES string of the molecule is COc1ccc(CN=C(N)NCCCn2nc(C)cc2C)cc1OC. The zero-order valence-corrected chi connectivity index (χ0v) is 15.4. The molecular formula is C18H27N5O2. The van der Waals surface area contributed by atoms with E-state index in [4.69, 9.17) is 15.2 Å². The molecule has 0 aliphatic rings. The topological polar surface area (TPSA) is 86.7 Å². The highest BCUT2D eigenvalue weighted by Gasteiger charge is 2.04. The van der Waals surface area contributed by atoms with Gasteiger partial charge in [0.05, 0.1) is 26.5 Å². The lowest BCUT2D eigenvalue weighted by Gasteiger charge is -2.09. The maximum Gasteiger partial charge on any atom is 0.188 e. The molecule has 0 unspecified atom stereocenters. The summed E-state index contributed by atoms with van der Waals surface area (Å²) in [5, 5.41) is 7.57. The molecule has 25 heavy (non-hydrogen) atoms. The summed E-state index contributed by atoms with van der Waals surface area (Å²) >= 11 is 0. The Morgan fingerprint density at radius 1 is 1.20 bits per heavy atom. The molecule has 0 saturated heterocycles. The molecule has 0 aliphatic carbocycles. The van der Waals surface area contributed by atoms with Crippen LogP contribution in [0.5, 0.6) is 11.5 Å². The normalized spacial score (nSPS) is 11.4. The summed E-state index contributed by atoms with van der Waals surface area (Å²) in [5.41, 5.74) is 9.14. The van der Waals surface area contributed by atoms with Crippen LogP contribution in [0.25, 0.3) is 0 Å². The average molecular weight is 345 g/mol. The number of guanidine groups is 1. The molecule has 7 heteroatoms. The molecule has 1 aromatic heterocycles. The molecule has 0 atom stereocenters. The quantitative estimate of drug-likeness (QED) is 0.434. The molecule has 136 valence electrons. The molecule has 0 spiro atoms. The molecule has 0 bridgehead atoms. The molecule has 0 fully saturated rings. The van der Waals surface area contributed by atoms with Crippen molar-refractivity contribution in [2.45, 2.75) is 33.4 Å². The number of aromatic nitrogens is 2. The van der Waals surface area contributed by atoms with Crippen LogP contribution in [-0.4, -0.2) is 36.5 Å². The van der Waals surface area contributed by atoms with E-state index in [1.165, 1.54) is 5.69 Å². The van der Waals surface area contributed by atoms with E-state index in [0.717, 1.165) is 30.8 Å². The van der Waals surface area contributed by atoms with Crippen LogP contribution in [0.2, 0.25) is 0 Å². The molecule has 3 N–H and O–H groups in total. The van der Waals surface area contributed by atoms with Gasteiger partial charge in [-0.1, -0.05) is 6.07 Å². The maximum absolute atomic E-state index is 5.92. The van der Waals surface area contributed by atoms with Gasteiger partial charge in [-0.05, 0) is 44.0 Å². The minimum absolute atomic E-state index is 0.433. The summed E-state index contributed by atoms with van der Waals surface area (Å²) in [5.74, 6) is 1.82. The van der Waals surface area contributed by atoms with Crippen LogP contribution in [-0.2, 0) is 13.1 Å². The number of methoxy groups -OCH3 is 2. The van der Waals surface area contributed by atoms with E-state index >= 15 is 0 Å². The number of nitrogens with zero attached hydrogens (tertiary/aromatic N) is 3. The number of nitrogens with two attached hydrogens (primary N) is 1. The molecule has 0 radical (unpaired) electrons. The van der Waals surface area contributed by atoms with Gasteiger partial charge in [0.2, 0.25) is 0 Å². The first-order valence-electron chi connectivity index (χ1n) is 8.29. The largest absolute Gasteiger partial charge is 0.493 e. The van der Waals surface area contributed by atoms with Gasteiger partial charge in [-0.3, -0.25) is 4.68 Å². The third kappa shape index (κ3) is 5.41. The van der Waals surface area contributed by atoms with Gasteiger partial charge in [0.1, 0.15) is 0 Å². The molecule has 2 rings (SSSR count). The number of aryl methyl sites for hydroxylation is 3. The van der Waals surface area contributed by atoms with Crippen molar-refractivity contribution < 1.29 is 9.47 Å². The first-order chi connectivity index (χ1) is 12.0. The average Bonchev–Trinajstić information content (AvgIpc) is 2.93. The summed E-state index contributed by atoms with van der Waals surface area (Å²) in [7, 11) is 3.23. The minimum Gasteiger partial charge on any atom is -0.493 e. The van der Waals surface area contributed by atoms with Gasteiger partial charge in [-0.15, -0.1) is 0 Å². The second-order valence-corrected chi connectivity index (χ2v) is 5.82. The fourth-order valence-corrected chi connectivity index (χ4v) is 2.56. The van der Waals surface area contributed by atoms with E-state index < -0.39 is 0 Å². The van der Waals surface area contributed by atoms with Gasteiger partial charge in [0.15, 0.2) is 17.5 Å². The van der Waals surface area contributed by atoms with Gasteiger partial charge in [-0.2, -0.15) is 5.10 Å². The van der Waals surface area contributed by atoms with E-state index in [-0.39, 0.29) is 0 Å². The molecular weight excluding hydrogens is 318 g/mol.